The van der Waals surface area contributed by atoms with Gasteiger partial charge >= 0.3 is 0 Å². The molecule has 1 aromatic carbocycles. The number of ether oxygens (including phenoxy) is 1. The van der Waals surface area contributed by atoms with Crippen molar-refractivity contribution in [3.63, 3.8) is 0 Å². The largest absolute Gasteiger partial charge is 0.361 e. The highest BCUT2D eigenvalue weighted by Gasteiger charge is 2.45. The maximum Gasteiger partial charge on any atom is 0.255 e. The molecule has 0 unspecified atom stereocenters. The van der Waals surface area contributed by atoms with Crippen molar-refractivity contribution in [3.8, 4) is 11.1 Å². The van der Waals surface area contributed by atoms with Crippen LogP contribution in [-0.4, -0.2) is 53.5 Å². The third-order valence-corrected chi connectivity index (χ3v) is 6.14. The van der Waals surface area contributed by atoms with E-state index in [-0.39, 0.29) is 18.4 Å². The molecule has 0 spiro atoms. The molecule has 2 aromatic heterocycles. The molecule has 3 heterocycles. The fraction of sp³-hybridized carbons (Fsp3) is 0.292. The van der Waals surface area contributed by atoms with Crippen LogP contribution < -0.4 is 5.32 Å². The predicted octanol–water partition coefficient (Wildman–Crippen LogP) is 3.40. The molecule has 4 rings (SSSR count). The van der Waals surface area contributed by atoms with Crippen LogP contribution in [0.2, 0.25) is 0 Å². The quantitative estimate of drug-likeness (QED) is 0.644. The first-order valence-electron chi connectivity index (χ1n) is 10.3. The molecule has 0 bridgehead atoms. The Morgan fingerprint density at radius 1 is 1.23 bits per heavy atom. The molecule has 3 aromatic rings. The fourth-order valence-corrected chi connectivity index (χ4v) is 4.61. The minimum atomic E-state index is -1.15. The van der Waals surface area contributed by atoms with Crippen molar-refractivity contribution in [2.45, 2.75) is 18.9 Å². The number of thiophene rings is 1. The molecule has 6 nitrogen and oxygen atoms in total. The van der Waals surface area contributed by atoms with E-state index in [1.165, 1.54) is 0 Å². The SMILES string of the molecule is CCNC(=O)[C@@]1(Cc2ccccc2-c2ccsc2)CN(C(=O)c2cccnc2)CCO1. The summed E-state index contributed by atoms with van der Waals surface area (Å²) in [7, 11) is 0. The van der Waals surface area contributed by atoms with E-state index in [1.807, 2.05) is 30.5 Å². The number of benzene rings is 1. The lowest BCUT2D eigenvalue weighted by Crippen LogP contribution is -2.62. The van der Waals surface area contributed by atoms with Crippen molar-refractivity contribution >= 4 is 23.2 Å². The molecule has 1 fully saturated rings. The maximum absolute atomic E-state index is 13.2. The first-order valence-corrected chi connectivity index (χ1v) is 11.3. The van der Waals surface area contributed by atoms with Crippen LogP contribution in [0.1, 0.15) is 22.8 Å². The molecular weight excluding hydrogens is 410 g/mol. The van der Waals surface area contributed by atoms with Crippen LogP contribution in [0.25, 0.3) is 11.1 Å². The summed E-state index contributed by atoms with van der Waals surface area (Å²) in [6, 6.07) is 13.6. The van der Waals surface area contributed by atoms with Gasteiger partial charge in [-0.1, -0.05) is 24.3 Å². The average molecular weight is 436 g/mol. The van der Waals surface area contributed by atoms with E-state index in [0.717, 1.165) is 16.7 Å². The Balaban J connectivity index is 1.67. The van der Waals surface area contributed by atoms with Crippen molar-refractivity contribution in [3.05, 3.63) is 76.7 Å². The van der Waals surface area contributed by atoms with Crippen LogP contribution in [0.5, 0.6) is 0 Å². The highest BCUT2D eigenvalue weighted by Crippen LogP contribution is 2.31. The van der Waals surface area contributed by atoms with E-state index < -0.39 is 5.60 Å². The van der Waals surface area contributed by atoms with E-state index in [1.54, 1.807) is 40.8 Å². The molecule has 31 heavy (non-hydrogen) atoms. The zero-order valence-corrected chi connectivity index (χ0v) is 18.2. The molecule has 0 aliphatic carbocycles. The Labute approximate surface area is 185 Å². The number of nitrogens with one attached hydrogen (secondary N) is 1. The standard InChI is InChI=1S/C24H25N3O3S/c1-2-26-23(29)24(14-18-6-3-4-8-21(18)20-9-13-31-16-20)17-27(11-12-30-24)22(28)19-7-5-10-25-15-19/h3-10,13,15-16H,2,11-12,14,17H2,1H3,(H,26,29)/t24-/m1/s1. The maximum atomic E-state index is 13.2. The first-order chi connectivity index (χ1) is 15.1. The normalized spacial score (nSPS) is 18.5. The molecule has 1 saturated heterocycles. The van der Waals surface area contributed by atoms with Gasteiger partial charge < -0.3 is 15.0 Å². The Bertz CT molecular complexity index is 1040. The van der Waals surface area contributed by atoms with E-state index in [0.29, 0.717) is 31.7 Å². The Kier molecular flexibility index (Phi) is 6.44. The average Bonchev–Trinajstić information content (AvgIpc) is 3.35. The number of carbonyl (C=O) groups excluding carboxylic acids is 2. The molecule has 2 amide bonds. The van der Waals surface area contributed by atoms with Gasteiger partial charge in [0.15, 0.2) is 5.60 Å². The summed E-state index contributed by atoms with van der Waals surface area (Å²) in [5.74, 6) is -0.338. The summed E-state index contributed by atoms with van der Waals surface area (Å²) in [5, 5.41) is 7.05. The molecule has 160 valence electrons. The number of carbonyl (C=O) groups is 2. The van der Waals surface area contributed by atoms with Crippen molar-refractivity contribution < 1.29 is 14.3 Å². The summed E-state index contributed by atoms with van der Waals surface area (Å²) < 4.78 is 6.15. The van der Waals surface area contributed by atoms with Crippen LogP contribution in [0, 0.1) is 0 Å². The van der Waals surface area contributed by atoms with Gasteiger partial charge in [-0.15, -0.1) is 0 Å². The zero-order chi connectivity index (χ0) is 21.7. The Morgan fingerprint density at radius 2 is 2.10 bits per heavy atom. The van der Waals surface area contributed by atoms with Crippen molar-refractivity contribution in [1.82, 2.24) is 15.2 Å². The molecule has 1 N–H and O–H groups in total. The summed E-state index contributed by atoms with van der Waals surface area (Å²) in [5.41, 5.74) is 2.56. The van der Waals surface area contributed by atoms with Crippen LogP contribution in [0.3, 0.4) is 0 Å². The van der Waals surface area contributed by atoms with Gasteiger partial charge in [0, 0.05) is 31.9 Å². The Morgan fingerprint density at radius 3 is 2.84 bits per heavy atom. The zero-order valence-electron chi connectivity index (χ0n) is 17.4. The molecule has 1 aliphatic heterocycles. The van der Waals surface area contributed by atoms with Crippen molar-refractivity contribution in [1.29, 1.82) is 0 Å². The van der Waals surface area contributed by atoms with Gasteiger partial charge in [0.25, 0.3) is 11.8 Å². The van der Waals surface area contributed by atoms with Gasteiger partial charge in [-0.25, -0.2) is 0 Å². The van der Waals surface area contributed by atoms with Crippen LogP contribution >= 0.6 is 11.3 Å². The fourth-order valence-electron chi connectivity index (χ4n) is 3.96. The highest BCUT2D eigenvalue weighted by atomic mass is 32.1. The molecule has 1 aliphatic rings. The third kappa shape index (κ3) is 4.52. The van der Waals surface area contributed by atoms with Gasteiger partial charge in [-0.2, -0.15) is 11.3 Å². The summed E-state index contributed by atoms with van der Waals surface area (Å²) >= 11 is 1.64. The number of likely N-dealkylation sites (N-methyl/N-ethyl adjacent to an activating group) is 1. The smallest absolute Gasteiger partial charge is 0.255 e. The molecule has 0 radical (unpaired) electrons. The summed E-state index contributed by atoms with van der Waals surface area (Å²) in [6.07, 6.45) is 3.57. The van der Waals surface area contributed by atoms with Gasteiger partial charge in [-0.3, -0.25) is 14.6 Å². The van der Waals surface area contributed by atoms with Gasteiger partial charge in [-0.05, 0) is 52.6 Å². The van der Waals surface area contributed by atoms with E-state index in [4.69, 9.17) is 4.74 Å². The number of hydrogen-bond acceptors (Lipinski definition) is 5. The summed E-state index contributed by atoms with van der Waals surface area (Å²) in [4.78, 5) is 32.1. The minimum absolute atomic E-state index is 0.142. The number of rotatable bonds is 6. The number of morpholine rings is 1. The molecule has 7 heteroatoms. The Hall–Kier alpha value is -3.03. The minimum Gasteiger partial charge on any atom is -0.361 e. The monoisotopic (exact) mass is 435 g/mol. The van der Waals surface area contributed by atoms with Crippen LogP contribution in [0.15, 0.2) is 65.6 Å². The van der Waals surface area contributed by atoms with Gasteiger partial charge in [0.2, 0.25) is 0 Å². The van der Waals surface area contributed by atoms with Gasteiger partial charge in [0.1, 0.15) is 0 Å². The number of nitrogens with zero attached hydrogens (tertiary/aromatic N) is 2. The molecule has 1 atom stereocenters. The summed E-state index contributed by atoms with van der Waals surface area (Å²) in [6.45, 7) is 3.29. The first kappa shape index (κ1) is 21.2. The lowest BCUT2D eigenvalue weighted by atomic mass is 9.87. The lowest BCUT2D eigenvalue weighted by molar-refractivity contribution is -0.157. The third-order valence-electron chi connectivity index (χ3n) is 5.46. The lowest BCUT2D eigenvalue weighted by Gasteiger charge is -2.42. The van der Waals surface area contributed by atoms with E-state index in [2.05, 4.69) is 27.8 Å². The van der Waals surface area contributed by atoms with Crippen LogP contribution in [-0.2, 0) is 16.0 Å². The topological polar surface area (TPSA) is 71.5 Å². The number of aromatic nitrogens is 1. The second-order valence-electron chi connectivity index (χ2n) is 7.52. The predicted molar refractivity (Wildman–Crippen MR) is 121 cm³/mol. The highest BCUT2D eigenvalue weighted by molar-refractivity contribution is 7.08. The van der Waals surface area contributed by atoms with E-state index in [9.17, 15) is 9.59 Å². The van der Waals surface area contributed by atoms with Gasteiger partial charge in [0.05, 0.1) is 18.7 Å². The van der Waals surface area contributed by atoms with Crippen LogP contribution in [0.4, 0.5) is 0 Å². The van der Waals surface area contributed by atoms with Crippen molar-refractivity contribution in [2.75, 3.05) is 26.2 Å². The van der Waals surface area contributed by atoms with E-state index >= 15 is 0 Å². The number of amides is 2. The number of pyridine rings is 1. The molecular formula is C24H25N3O3S. The van der Waals surface area contributed by atoms with Crippen molar-refractivity contribution in [2.24, 2.45) is 0 Å². The second-order valence-corrected chi connectivity index (χ2v) is 8.30. The number of hydrogen-bond donors (Lipinski definition) is 1. The second kappa shape index (κ2) is 9.41. The molecule has 0 saturated carbocycles.